The van der Waals surface area contributed by atoms with Gasteiger partial charge in [-0.2, -0.15) is 0 Å². The molecule has 0 saturated carbocycles. The maximum absolute atomic E-state index is 10.8. The molecule has 0 fully saturated rings. The largest absolute Gasteiger partial charge is 0.325 e. The summed E-state index contributed by atoms with van der Waals surface area (Å²) in [7, 11) is 0. The molecule has 5 heteroatoms. The van der Waals surface area contributed by atoms with Gasteiger partial charge in [0.25, 0.3) is 0 Å². The molecule has 0 bridgehead atoms. The third kappa shape index (κ3) is 2.77. The van der Waals surface area contributed by atoms with Gasteiger partial charge in [0.05, 0.1) is 15.9 Å². The van der Waals surface area contributed by atoms with E-state index < -0.39 is 0 Å². The van der Waals surface area contributed by atoms with Crippen molar-refractivity contribution in [2.45, 2.75) is 13.8 Å². The zero-order chi connectivity index (χ0) is 10.0. The lowest BCUT2D eigenvalue weighted by Crippen LogP contribution is -2.08. The van der Waals surface area contributed by atoms with Gasteiger partial charge in [0.2, 0.25) is 5.91 Å². The van der Waals surface area contributed by atoms with Gasteiger partial charge >= 0.3 is 0 Å². The highest BCUT2D eigenvalue weighted by atomic mass is 79.9. The minimum atomic E-state index is -0.0980. The van der Waals surface area contributed by atoms with Crippen LogP contribution in [-0.2, 0) is 4.79 Å². The highest BCUT2D eigenvalue weighted by Crippen LogP contribution is 2.26. The van der Waals surface area contributed by atoms with E-state index in [0.717, 1.165) is 20.5 Å². The lowest BCUT2D eigenvalue weighted by molar-refractivity contribution is -0.114. The van der Waals surface area contributed by atoms with Crippen LogP contribution in [0.4, 0.5) is 5.69 Å². The number of nitrogens with zero attached hydrogens (tertiary/aromatic N) is 1. The van der Waals surface area contributed by atoms with Crippen LogP contribution in [0.25, 0.3) is 0 Å². The van der Waals surface area contributed by atoms with Crippen molar-refractivity contribution in [3.05, 3.63) is 20.8 Å². The van der Waals surface area contributed by atoms with E-state index in [2.05, 4.69) is 42.2 Å². The Morgan fingerprint density at radius 2 is 2.15 bits per heavy atom. The highest BCUT2D eigenvalue weighted by Gasteiger charge is 2.05. The van der Waals surface area contributed by atoms with Crippen LogP contribution >= 0.6 is 31.9 Å². The number of aryl methyl sites for hydroxylation is 1. The molecule has 1 rings (SSSR count). The highest BCUT2D eigenvalue weighted by molar-refractivity contribution is 9.13. The fraction of sp³-hybridized carbons (Fsp3) is 0.250. The number of hydrogen-bond donors (Lipinski definition) is 1. The summed E-state index contributed by atoms with van der Waals surface area (Å²) in [5.41, 5.74) is 1.51. The molecule has 0 aliphatic carbocycles. The van der Waals surface area contributed by atoms with Gasteiger partial charge in [0, 0.05) is 6.92 Å². The summed E-state index contributed by atoms with van der Waals surface area (Å²) in [4.78, 5) is 15.0. The third-order valence-electron chi connectivity index (χ3n) is 1.43. The maximum atomic E-state index is 10.8. The number of aromatic nitrogens is 1. The summed E-state index contributed by atoms with van der Waals surface area (Å²) >= 11 is 6.59. The van der Waals surface area contributed by atoms with Gasteiger partial charge < -0.3 is 5.32 Å². The fourth-order valence-electron chi connectivity index (χ4n) is 0.868. The molecule has 0 aromatic carbocycles. The zero-order valence-electron chi connectivity index (χ0n) is 7.19. The normalized spacial score (nSPS) is 9.85. The first-order chi connectivity index (χ1) is 6.00. The predicted octanol–water partition coefficient (Wildman–Crippen LogP) is 2.87. The lowest BCUT2D eigenvalue weighted by Gasteiger charge is -2.06. The van der Waals surface area contributed by atoms with Gasteiger partial charge in [-0.15, -0.1) is 0 Å². The van der Waals surface area contributed by atoms with Crippen LogP contribution in [0.3, 0.4) is 0 Å². The third-order valence-corrected chi connectivity index (χ3v) is 3.18. The topological polar surface area (TPSA) is 42.0 Å². The second-order valence-corrected chi connectivity index (χ2v) is 4.18. The van der Waals surface area contributed by atoms with Crippen molar-refractivity contribution in [3.8, 4) is 0 Å². The van der Waals surface area contributed by atoms with Crippen molar-refractivity contribution >= 4 is 43.5 Å². The van der Waals surface area contributed by atoms with E-state index >= 15 is 0 Å². The molecule has 13 heavy (non-hydrogen) atoms. The maximum Gasteiger partial charge on any atom is 0.221 e. The minimum absolute atomic E-state index is 0.0980. The second-order valence-electron chi connectivity index (χ2n) is 2.58. The summed E-state index contributed by atoms with van der Waals surface area (Å²) in [6.45, 7) is 3.30. The number of hydrogen-bond acceptors (Lipinski definition) is 2. The van der Waals surface area contributed by atoms with Gasteiger partial charge in [0.1, 0.15) is 4.60 Å². The Labute approximate surface area is 93.2 Å². The number of amides is 1. The van der Waals surface area contributed by atoms with Gasteiger partial charge in [-0.05, 0) is 44.8 Å². The SMILES string of the molecule is CC(=O)Nc1cc(Br)c(Br)nc1C. The van der Waals surface area contributed by atoms with E-state index in [-0.39, 0.29) is 5.91 Å². The number of carbonyl (C=O) groups is 1. The van der Waals surface area contributed by atoms with Crippen molar-refractivity contribution in [1.82, 2.24) is 4.98 Å². The van der Waals surface area contributed by atoms with Crippen LogP contribution < -0.4 is 5.32 Å². The van der Waals surface area contributed by atoms with Gasteiger partial charge in [-0.1, -0.05) is 0 Å². The van der Waals surface area contributed by atoms with E-state index in [0.29, 0.717) is 0 Å². The summed E-state index contributed by atoms with van der Waals surface area (Å²) in [6, 6.07) is 1.81. The molecule has 0 aliphatic heterocycles. The Morgan fingerprint density at radius 1 is 1.54 bits per heavy atom. The second kappa shape index (κ2) is 4.19. The Balaban J connectivity index is 3.08. The van der Waals surface area contributed by atoms with Crippen molar-refractivity contribution in [2.75, 3.05) is 5.32 Å². The van der Waals surface area contributed by atoms with Crippen LogP contribution in [0.15, 0.2) is 15.1 Å². The molecule has 0 atom stereocenters. The van der Waals surface area contributed by atoms with E-state index in [1.807, 2.05) is 13.0 Å². The zero-order valence-corrected chi connectivity index (χ0v) is 10.4. The quantitative estimate of drug-likeness (QED) is 0.811. The summed E-state index contributed by atoms with van der Waals surface area (Å²) in [5, 5.41) is 2.69. The van der Waals surface area contributed by atoms with Crippen LogP contribution in [0.2, 0.25) is 0 Å². The minimum Gasteiger partial charge on any atom is -0.325 e. The number of pyridine rings is 1. The van der Waals surface area contributed by atoms with Crippen LogP contribution in [0.5, 0.6) is 0 Å². The van der Waals surface area contributed by atoms with Crippen LogP contribution in [-0.4, -0.2) is 10.9 Å². The first-order valence-electron chi connectivity index (χ1n) is 3.61. The first kappa shape index (κ1) is 10.7. The molecule has 1 amide bonds. The van der Waals surface area contributed by atoms with Gasteiger partial charge in [-0.3, -0.25) is 4.79 Å². The average molecular weight is 308 g/mol. The van der Waals surface area contributed by atoms with Crippen molar-refractivity contribution < 1.29 is 4.79 Å². The lowest BCUT2D eigenvalue weighted by atomic mass is 10.3. The first-order valence-corrected chi connectivity index (χ1v) is 5.19. The van der Waals surface area contributed by atoms with Crippen LogP contribution in [0.1, 0.15) is 12.6 Å². The van der Waals surface area contributed by atoms with Gasteiger partial charge in [0.15, 0.2) is 0 Å². The number of carbonyl (C=O) groups excluding carboxylic acids is 1. The Kier molecular flexibility index (Phi) is 3.44. The molecule has 1 N–H and O–H groups in total. The van der Waals surface area contributed by atoms with E-state index in [1.165, 1.54) is 6.92 Å². The van der Waals surface area contributed by atoms with E-state index in [4.69, 9.17) is 0 Å². The Hall–Kier alpha value is -0.420. The Bertz CT molecular complexity index is 352. The molecular formula is C8H8Br2N2O. The standard InChI is InChI=1S/C8H8Br2N2O/c1-4-7(12-5(2)13)3-6(9)8(10)11-4/h3H,1-2H3,(H,12,13). The van der Waals surface area contributed by atoms with E-state index in [1.54, 1.807) is 0 Å². The molecule has 0 saturated heterocycles. The predicted molar refractivity (Wildman–Crippen MR) is 58.7 cm³/mol. The molecule has 0 radical (unpaired) electrons. The van der Waals surface area contributed by atoms with Crippen LogP contribution in [0, 0.1) is 6.92 Å². The number of nitrogens with one attached hydrogen (secondary N) is 1. The molecular weight excluding hydrogens is 300 g/mol. The number of anilines is 1. The molecule has 1 aromatic heterocycles. The van der Waals surface area contributed by atoms with Gasteiger partial charge in [-0.25, -0.2) is 4.98 Å². The van der Waals surface area contributed by atoms with Crippen molar-refractivity contribution in [2.24, 2.45) is 0 Å². The summed E-state index contributed by atoms with van der Waals surface area (Å²) in [6.07, 6.45) is 0. The smallest absolute Gasteiger partial charge is 0.221 e. The average Bonchev–Trinajstić information content (AvgIpc) is 1.99. The molecule has 0 aliphatic rings. The summed E-state index contributed by atoms with van der Waals surface area (Å²) in [5.74, 6) is -0.0980. The molecule has 0 unspecified atom stereocenters. The molecule has 1 heterocycles. The monoisotopic (exact) mass is 306 g/mol. The number of rotatable bonds is 1. The number of halogens is 2. The Morgan fingerprint density at radius 3 is 2.69 bits per heavy atom. The molecule has 1 aromatic rings. The fourth-order valence-corrected chi connectivity index (χ4v) is 1.57. The summed E-state index contributed by atoms with van der Waals surface area (Å²) < 4.78 is 1.56. The molecule has 70 valence electrons. The molecule has 0 spiro atoms. The molecule has 3 nitrogen and oxygen atoms in total. The van der Waals surface area contributed by atoms with E-state index in [9.17, 15) is 4.79 Å². The van der Waals surface area contributed by atoms with Crippen molar-refractivity contribution in [1.29, 1.82) is 0 Å². The van der Waals surface area contributed by atoms with Crippen molar-refractivity contribution in [3.63, 3.8) is 0 Å².